The molecule has 0 aromatic rings. The minimum Gasteiger partial charge on any atom is -0.457 e. The molecule has 128 valence electrons. The molecule has 0 unspecified atom stereocenters. The summed E-state index contributed by atoms with van der Waals surface area (Å²) in [6.45, 7) is 2.56. The van der Waals surface area contributed by atoms with Gasteiger partial charge >= 0.3 is 11.9 Å². The summed E-state index contributed by atoms with van der Waals surface area (Å²) in [5.41, 5.74) is 0. The van der Waals surface area contributed by atoms with Crippen LogP contribution in [-0.4, -0.2) is 24.6 Å². The predicted molar refractivity (Wildman–Crippen MR) is 86.5 cm³/mol. The molecule has 1 aliphatic rings. The van der Waals surface area contributed by atoms with Crippen LogP contribution >= 0.6 is 0 Å². The van der Waals surface area contributed by atoms with E-state index in [-0.39, 0.29) is 6.10 Å². The highest BCUT2D eigenvalue weighted by atomic mass is 16.6. The molecule has 1 aliphatic carbocycles. The van der Waals surface area contributed by atoms with Gasteiger partial charge in [-0.15, -0.1) is 0 Å². The Morgan fingerprint density at radius 2 is 1.36 bits per heavy atom. The van der Waals surface area contributed by atoms with Crippen LogP contribution in [0.25, 0.3) is 0 Å². The van der Waals surface area contributed by atoms with E-state index >= 15 is 0 Å². The van der Waals surface area contributed by atoms with Crippen LogP contribution in [0.2, 0.25) is 0 Å². The molecule has 0 amide bonds. The number of hydrogen-bond donors (Lipinski definition) is 0. The van der Waals surface area contributed by atoms with E-state index in [4.69, 9.17) is 9.47 Å². The summed E-state index contributed by atoms with van der Waals surface area (Å²) in [4.78, 5) is 22.7. The molecular weight excluding hydrogens is 280 g/mol. The van der Waals surface area contributed by atoms with Crippen molar-refractivity contribution in [1.82, 2.24) is 0 Å². The van der Waals surface area contributed by atoms with Crippen molar-refractivity contribution in [3.05, 3.63) is 0 Å². The fourth-order valence-electron chi connectivity index (χ4n) is 2.50. The summed E-state index contributed by atoms with van der Waals surface area (Å²) in [6, 6.07) is 0. The summed E-state index contributed by atoms with van der Waals surface area (Å²) < 4.78 is 9.92. The molecule has 0 saturated heterocycles. The van der Waals surface area contributed by atoms with Crippen LogP contribution in [0.5, 0.6) is 0 Å². The molecule has 0 heterocycles. The summed E-state index contributed by atoms with van der Waals surface area (Å²) in [5, 5.41) is 0. The Morgan fingerprint density at radius 3 is 1.86 bits per heavy atom. The summed E-state index contributed by atoms with van der Waals surface area (Å²) in [7, 11) is 0. The topological polar surface area (TPSA) is 52.6 Å². The zero-order chi connectivity index (χ0) is 16.0. The van der Waals surface area contributed by atoms with Crippen molar-refractivity contribution in [2.75, 3.05) is 6.61 Å². The number of ether oxygens (including phenoxy) is 2. The summed E-state index contributed by atoms with van der Waals surface area (Å²) in [5.74, 6) is -1.65. The fraction of sp³-hybridized carbons (Fsp3) is 0.889. The van der Waals surface area contributed by atoms with Gasteiger partial charge in [0, 0.05) is 0 Å². The van der Waals surface area contributed by atoms with Crippen molar-refractivity contribution in [1.29, 1.82) is 0 Å². The molecule has 22 heavy (non-hydrogen) atoms. The second kappa shape index (κ2) is 12.5. The van der Waals surface area contributed by atoms with Crippen molar-refractivity contribution in [2.24, 2.45) is 0 Å². The largest absolute Gasteiger partial charge is 0.457 e. The zero-order valence-electron chi connectivity index (χ0n) is 14.1. The highest BCUT2D eigenvalue weighted by molar-refractivity contribution is 6.29. The molecule has 0 aliphatic heterocycles. The van der Waals surface area contributed by atoms with Crippen LogP contribution in [0.1, 0.15) is 90.4 Å². The molecule has 0 N–H and O–H groups in total. The number of rotatable bonds is 12. The molecule has 0 aromatic heterocycles. The molecule has 0 aromatic carbocycles. The molecule has 4 nitrogen and oxygen atoms in total. The lowest BCUT2D eigenvalue weighted by Gasteiger charge is -2.24. The first-order chi connectivity index (χ1) is 10.7. The molecule has 1 saturated carbocycles. The van der Waals surface area contributed by atoms with Gasteiger partial charge in [-0.1, -0.05) is 64.7 Å². The molecule has 0 spiro atoms. The Hall–Kier alpha value is -1.06. The molecule has 1 fully saturated rings. The third kappa shape index (κ3) is 9.06. The number of carbonyl (C=O) groups excluding carboxylic acids is 2. The Morgan fingerprint density at radius 1 is 0.818 bits per heavy atom. The van der Waals surface area contributed by atoms with E-state index in [2.05, 4.69) is 6.92 Å². The summed E-state index contributed by atoms with van der Waals surface area (Å²) in [6.07, 6.45) is 15.1. The van der Waals surface area contributed by atoms with Gasteiger partial charge in [0.25, 0.3) is 0 Å². The van der Waals surface area contributed by atoms with Gasteiger partial charge in [-0.05, 0) is 25.7 Å². The average molecular weight is 312 g/mol. The van der Waals surface area contributed by atoms with Crippen molar-refractivity contribution < 1.29 is 19.1 Å². The molecule has 0 radical (unpaired) electrons. The third-order valence-corrected chi connectivity index (χ3v) is 4.22. The number of esters is 2. The number of hydrogen-bond acceptors (Lipinski definition) is 4. The smallest absolute Gasteiger partial charge is 0.417 e. The second-order valence-corrected chi connectivity index (χ2v) is 6.28. The molecular formula is C18H32O4. The Labute approximate surface area is 134 Å². The maximum absolute atomic E-state index is 11.4. The van der Waals surface area contributed by atoms with Gasteiger partial charge in [0.15, 0.2) is 0 Å². The minimum absolute atomic E-state index is 0.0580. The van der Waals surface area contributed by atoms with Gasteiger partial charge in [-0.25, -0.2) is 9.59 Å². The van der Waals surface area contributed by atoms with Crippen molar-refractivity contribution in [3.8, 4) is 0 Å². The number of unbranched alkanes of at least 4 members (excludes halogenated alkanes) is 9. The third-order valence-electron chi connectivity index (χ3n) is 4.22. The maximum atomic E-state index is 11.4. The van der Waals surface area contributed by atoms with E-state index in [1.807, 2.05) is 0 Å². The molecule has 0 bridgehead atoms. The van der Waals surface area contributed by atoms with Gasteiger partial charge in [0.2, 0.25) is 0 Å². The maximum Gasteiger partial charge on any atom is 0.417 e. The van der Waals surface area contributed by atoms with E-state index in [0.717, 1.165) is 32.1 Å². The monoisotopic (exact) mass is 312 g/mol. The standard InChI is InChI=1S/C18H32O4/c1-2-3-4-5-6-7-8-9-10-11-15-21-17(19)18(20)22-16-13-12-14-16/h16H,2-15H2,1H3. The normalized spacial score (nSPS) is 14.4. The van der Waals surface area contributed by atoms with Gasteiger partial charge in [0.1, 0.15) is 6.10 Å². The average Bonchev–Trinajstić information content (AvgIpc) is 2.48. The van der Waals surface area contributed by atoms with Crippen LogP contribution in [-0.2, 0) is 19.1 Å². The van der Waals surface area contributed by atoms with Crippen LogP contribution in [0.4, 0.5) is 0 Å². The predicted octanol–water partition coefficient (Wildman–Crippen LogP) is 4.55. The van der Waals surface area contributed by atoms with Gasteiger partial charge in [-0.2, -0.15) is 0 Å². The SMILES string of the molecule is CCCCCCCCCCCCOC(=O)C(=O)OC1CCC1. The Bertz CT molecular complexity index is 310. The lowest BCUT2D eigenvalue weighted by molar-refractivity contribution is -0.173. The van der Waals surface area contributed by atoms with E-state index in [9.17, 15) is 9.59 Å². The van der Waals surface area contributed by atoms with Crippen LogP contribution in [0.15, 0.2) is 0 Å². The van der Waals surface area contributed by atoms with Gasteiger partial charge < -0.3 is 9.47 Å². The van der Waals surface area contributed by atoms with Crippen molar-refractivity contribution >= 4 is 11.9 Å². The van der Waals surface area contributed by atoms with Crippen molar-refractivity contribution in [2.45, 2.75) is 96.5 Å². The van der Waals surface area contributed by atoms with E-state index < -0.39 is 11.9 Å². The van der Waals surface area contributed by atoms with Crippen LogP contribution in [0, 0.1) is 0 Å². The molecule has 0 atom stereocenters. The van der Waals surface area contributed by atoms with E-state index in [1.165, 1.54) is 51.4 Å². The Balaban J connectivity index is 1.82. The quantitative estimate of drug-likeness (QED) is 0.301. The summed E-state index contributed by atoms with van der Waals surface area (Å²) >= 11 is 0. The first-order valence-corrected chi connectivity index (χ1v) is 9.11. The Kier molecular flexibility index (Phi) is 10.8. The second-order valence-electron chi connectivity index (χ2n) is 6.28. The number of carbonyl (C=O) groups is 2. The lowest BCUT2D eigenvalue weighted by atomic mass is 9.96. The van der Waals surface area contributed by atoms with E-state index in [1.54, 1.807) is 0 Å². The minimum atomic E-state index is -0.831. The lowest BCUT2D eigenvalue weighted by Crippen LogP contribution is -2.30. The molecule has 1 rings (SSSR count). The highest BCUT2D eigenvalue weighted by Crippen LogP contribution is 2.22. The van der Waals surface area contributed by atoms with Gasteiger partial charge in [-0.3, -0.25) is 0 Å². The van der Waals surface area contributed by atoms with Crippen LogP contribution < -0.4 is 0 Å². The first-order valence-electron chi connectivity index (χ1n) is 9.11. The van der Waals surface area contributed by atoms with Crippen LogP contribution in [0.3, 0.4) is 0 Å². The highest BCUT2D eigenvalue weighted by Gasteiger charge is 2.26. The van der Waals surface area contributed by atoms with E-state index in [0.29, 0.717) is 6.61 Å². The first kappa shape index (κ1) is 19.0. The fourth-order valence-corrected chi connectivity index (χ4v) is 2.50. The zero-order valence-corrected chi connectivity index (χ0v) is 14.1. The van der Waals surface area contributed by atoms with Crippen molar-refractivity contribution in [3.63, 3.8) is 0 Å². The van der Waals surface area contributed by atoms with Gasteiger partial charge in [0.05, 0.1) is 6.61 Å². The molecule has 4 heteroatoms.